The van der Waals surface area contributed by atoms with Gasteiger partial charge in [-0.05, 0) is 43.7 Å². The maximum absolute atomic E-state index is 5.94. The second-order valence-corrected chi connectivity index (χ2v) is 7.45. The molecular formula is C20H31ClN2O3. The minimum Gasteiger partial charge on any atom is -0.491 e. The molecule has 0 amide bonds. The van der Waals surface area contributed by atoms with E-state index in [1.165, 1.54) is 19.3 Å². The summed E-state index contributed by atoms with van der Waals surface area (Å²) in [5.41, 5.74) is 1.15. The van der Waals surface area contributed by atoms with Gasteiger partial charge in [0.05, 0.1) is 19.3 Å². The Balaban J connectivity index is 0.00000196. The van der Waals surface area contributed by atoms with Gasteiger partial charge in [-0.2, -0.15) is 0 Å². The molecule has 1 aromatic rings. The van der Waals surface area contributed by atoms with Gasteiger partial charge in [-0.1, -0.05) is 12.5 Å². The van der Waals surface area contributed by atoms with Gasteiger partial charge in [0.15, 0.2) is 0 Å². The molecule has 1 saturated carbocycles. The molecule has 3 aliphatic rings. The van der Waals surface area contributed by atoms with Crippen LogP contribution in [0.4, 0.5) is 5.69 Å². The molecule has 0 bridgehead atoms. The molecule has 2 heterocycles. The van der Waals surface area contributed by atoms with Crippen LogP contribution in [0.5, 0.6) is 5.75 Å². The Morgan fingerprint density at radius 2 is 2.12 bits per heavy atom. The lowest BCUT2D eigenvalue weighted by atomic mass is 9.94. The molecule has 2 saturated heterocycles. The van der Waals surface area contributed by atoms with Crippen molar-refractivity contribution >= 4 is 18.1 Å². The van der Waals surface area contributed by atoms with E-state index in [0.717, 1.165) is 50.6 Å². The highest BCUT2D eigenvalue weighted by molar-refractivity contribution is 5.85. The highest BCUT2D eigenvalue weighted by Gasteiger charge is 2.34. The summed E-state index contributed by atoms with van der Waals surface area (Å²) in [5, 5.41) is 7.39. The van der Waals surface area contributed by atoms with E-state index in [1.54, 1.807) is 0 Å². The van der Waals surface area contributed by atoms with E-state index in [-0.39, 0.29) is 18.5 Å². The van der Waals surface area contributed by atoms with Crippen LogP contribution >= 0.6 is 12.4 Å². The lowest BCUT2D eigenvalue weighted by Gasteiger charge is -2.33. The van der Waals surface area contributed by atoms with Gasteiger partial charge in [-0.15, -0.1) is 12.4 Å². The topological polar surface area (TPSA) is 51.8 Å². The summed E-state index contributed by atoms with van der Waals surface area (Å²) in [5.74, 6) is 1.56. The molecule has 4 unspecified atom stereocenters. The third-order valence-corrected chi connectivity index (χ3v) is 5.68. The van der Waals surface area contributed by atoms with E-state index in [9.17, 15) is 0 Å². The fraction of sp³-hybridized carbons (Fsp3) is 0.700. The number of halogens is 1. The molecule has 2 N–H and O–H groups in total. The van der Waals surface area contributed by atoms with Crippen LogP contribution in [-0.2, 0) is 9.47 Å². The fourth-order valence-electron chi connectivity index (χ4n) is 4.36. The van der Waals surface area contributed by atoms with Crippen LogP contribution in [0.25, 0.3) is 0 Å². The van der Waals surface area contributed by atoms with Crippen LogP contribution < -0.4 is 15.4 Å². The minimum atomic E-state index is 0. The van der Waals surface area contributed by atoms with Crippen molar-refractivity contribution in [1.82, 2.24) is 5.32 Å². The molecule has 0 radical (unpaired) electrons. The van der Waals surface area contributed by atoms with Crippen molar-refractivity contribution in [3.63, 3.8) is 0 Å². The summed E-state index contributed by atoms with van der Waals surface area (Å²) in [6.07, 6.45) is 6.30. The van der Waals surface area contributed by atoms with Crippen molar-refractivity contribution in [2.24, 2.45) is 5.92 Å². The lowest BCUT2D eigenvalue weighted by molar-refractivity contribution is 0.0559. The van der Waals surface area contributed by atoms with Crippen molar-refractivity contribution < 1.29 is 14.2 Å². The summed E-state index contributed by atoms with van der Waals surface area (Å²) in [4.78, 5) is 0. The zero-order valence-electron chi connectivity index (χ0n) is 15.3. The Kier molecular flexibility index (Phi) is 7.43. The number of hydrogen-bond donors (Lipinski definition) is 2. The van der Waals surface area contributed by atoms with Crippen LogP contribution in [0, 0.1) is 5.92 Å². The van der Waals surface area contributed by atoms with E-state index < -0.39 is 0 Å². The number of hydrogen-bond acceptors (Lipinski definition) is 5. The van der Waals surface area contributed by atoms with Crippen LogP contribution in [0.2, 0.25) is 0 Å². The molecule has 0 spiro atoms. The van der Waals surface area contributed by atoms with Gasteiger partial charge in [0, 0.05) is 37.0 Å². The summed E-state index contributed by atoms with van der Waals surface area (Å²) >= 11 is 0. The maximum atomic E-state index is 5.94. The van der Waals surface area contributed by atoms with E-state index in [4.69, 9.17) is 14.2 Å². The zero-order chi connectivity index (χ0) is 16.9. The van der Waals surface area contributed by atoms with Crippen molar-refractivity contribution in [2.45, 2.75) is 50.3 Å². The standard InChI is InChI=1S/C20H30N2O3.ClH/c1-4-15(12-16(5-1)25-13-17-6-3-10-24-17)22-19-8-2-7-18(19)20-14-23-11-9-21-20;/h1,4-5,12,17-22H,2-3,6-11,13-14H2;1H. The quantitative estimate of drug-likeness (QED) is 0.791. The smallest absolute Gasteiger partial charge is 0.121 e. The third kappa shape index (κ3) is 5.03. The van der Waals surface area contributed by atoms with Gasteiger partial charge in [0.2, 0.25) is 0 Å². The highest BCUT2D eigenvalue weighted by Crippen LogP contribution is 2.32. The first-order chi connectivity index (χ1) is 12.4. The molecule has 6 heteroatoms. The van der Waals surface area contributed by atoms with Crippen LogP contribution in [0.15, 0.2) is 24.3 Å². The molecule has 4 atom stereocenters. The van der Waals surface area contributed by atoms with Gasteiger partial charge in [-0.25, -0.2) is 0 Å². The molecule has 1 aliphatic carbocycles. The predicted octanol–water partition coefficient (Wildman–Crippen LogP) is 3.24. The molecular weight excluding hydrogens is 352 g/mol. The first kappa shape index (κ1) is 19.7. The van der Waals surface area contributed by atoms with E-state index in [2.05, 4.69) is 28.8 Å². The average molecular weight is 383 g/mol. The fourth-order valence-corrected chi connectivity index (χ4v) is 4.36. The number of anilines is 1. The average Bonchev–Trinajstić information content (AvgIpc) is 3.33. The van der Waals surface area contributed by atoms with Gasteiger partial charge in [0.1, 0.15) is 12.4 Å². The van der Waals surface area contributed by atoms with Gasteiger partial charge in [-0.3, -0.25) is 0 Å². The number of morpholine rings is 1. The van der Waals surface area contributed by atoms with Gasteiger partial charge >= 0.3 is 0 Å². The molecule has 0 aromatic heterocycles. The summed E-state index contributed by atoms with van der Waals surface area (Å²) < 4.78 is 17.2. The molecule has 146 valence electrons. The summed E-state index contributed by atoms with van der Waals surface area (Å²) in [7, 11) is 0. The first-order valence-electron chi connectivity index (χ1n) is 9.80. The summed E-state index contributed by atoms with van der Waals surface area (Å²) in [6, 6.07) is 9.34. The Labute approximate surface area is 162 Å². The molecule has 5 nitrogen and oxygen atoms in total. The van der Waals surface area contributed by atoms with Crippen LogP contribution in [-0.4, -0.2) is 51.2 Å². The van der Waals surface area contributed by atoms with Crippen molar-refractivity contribution in [3.8, 4) is 5.75 Å². The van der Waals surface area contributed by atoms with Crippen LogP contribution in [0.3, 0.4) is 0 Å². The van der Waals surface area contributed by atoms with Crippen molar-refractivity contribution in [3.05, 3.63) is 24.3 Å². The van der Waals surface area contributed by atoms with Crippen LogP contribution in [0.1, 0.15) is 32.1 Å². The molecule has 26 heavy (non-hydrogen) atoms. The Morgan fingerprint density at radius 3 is 2.92 bits per heavy atom. The molecule has 1 aromatic carbocycles. The SMILES string of the molecule is Cl.c1cc(NC2CCCC2C2COCCN2)cc(OCC2CCCO2)c1. The first-order valence-corrected chi connectivity index (χ1v) is 9.80. The van der Waals surface area contributed by atoms with E-state index in [0.29, 0.717) is 24.6 Å². The Bertz CT molecular complexity index is 548. The monoisotopic (exact) mass is 382 g/mol. The maximum Gasteiger partial charge on any atom is 0.121 e. The van der Waals surface area contributed by atoms with Gasteiger partial charge in [0.25, 0.3) is 0 Å². The van der Waals surface area contributed by atoms with E-state index >= 15 is 0 Å². The molecule has 3 fully saturated rings. The number of benzene rings is 1. The summed E-state index contributed by atoms with van der Waals surface area (Å²) in [6.45, 7) is 4.18. The Morgan fingerprint density at radius 1 is 1.15 bits per heavy atom. The molecule has 4 rings (SSSR count). The van der Waals surface area contributed by atoms with Crippen molar-refractivity contribution in [2.75, 3.05) is 38.3 Å². The lowest BCUT2D eigenvalue weighted by Crippen LogP contribution is -2.49. The zero-order valence-corrected chi connectivity index (χ0v) is 16.1. The van der Waals surface area contributed by atoms with Crippen molar-refractivity contribution in [1.29, 1.82) is 0 Å². The number of nitrogens with one attached hydrogen (secondary N) is 2. The second kappa shape index (κ2) is 9.79. The normalized spacial score (nSPS) is 31.4. The van der Waals surface area contributed by atoms with E-state index in [1.807, 2.05) is 6.07 Å². The number of ether oxygens (including phenoxy) is 3. The largest absolute Gasteiger partial charge is 0.491 e. The Hall–Kier alpha value is -1.01. The van der Waals surface area contributed by atoms with Gasteiger partial charge < -0.3 is 24.8 Å². The third-order valence-electron chi connectivity index (χ3n) is 5.68. The second-order valence-electron chi connectivity index (χ2n) is 7.45. The highest BCUT2D eigenvalue weighted by atomic mass is 35.5. The molecule has 2 aliphatic heterocycles. The number of rotatable bonds is 6. The predicted molar refractivity (Wildman–Crippen MR) is 106 cm³/mol. The minimum absolute atomic E-state index is 0.